The number of aryl methyl sites for hydroxylation is 1. The molecule has 21 heavy (non-hydrogen) atoms. The van der Waals surface area contributed by atoms with Gasteiger partial charge in [0, 0.05) is 17.5 Å². The maximum absolute atomic E-state index is 11.6. The summed E-state index contributed by atoms with van der Waals surface area (Å²) in [6.45, 7) is 2.05. The Hall–Kier alpha value is -2.16. The van der Waals surface area contributed by atoms with E-state index in [0.717, 1.165) is 10.7 Å². The van der Waals surface area contributed by atoms with E-state index >= 15 is 0 Å². The van der Waals surface area contributed by atoms with E-state index in [1.54, 1.807) is 0 Å². The van der Waals surface area contributed by atoms with Gasteiger partial charge in [-0.2, -0.15) is 0 Å². The minimum absolute atomic E-state index is 0.0609. The Labute approximate surface area is 125 Å². The molecule has 0 spiro atoms. The highest BCUT2D eigenvalue weighted by molar-refractivity contribution is 7.09. The number of thiazole rings is 1. The van der Waals surface area contributed by atoms with E-state index < -0.39 is 24.0 Å². The van der Waals surface area contributed by atoms with Crippen LogP contribution in [0.1, 0.15) is 30.0 Å². The minimum Gasteiger partial charge on any atom is -0.481 e. The summed E-state index contributed by atoms with van der Waals surface area (Å²) in [7, 11) is 0. The van der Waals surface area contributed by atoms with E-state index in [-0.39, 0.29) is 25.8 Å². The number of aromatic nitrogens is 1. The van der Waals surface area contributed by atoms with Crippen molar-refractivity contribution < 1.29 is 24.6 Å². The number of carbonyl (C=O) groups excluding carboxylic acids is 1. The zero-order chi connectivity index (χ0) is 15.8. The number of rotatable bonds is 8. The molecule has 0 aliphatic carbocycles. The number of urea groups is 1. The first-order valence-corrected chi connectivity index (χ1v) is 7.16. The summed E-state index contributed by atoms with van der Waals surface area (Å²) in [6, 6.07) is -1.73. The fraction of sp³-hybridized carbons (Fsp3) is 0.500. The summed E-state index contributed by atoms with van der Waals surface area (Å²) in [4.78, 5) is 37.1. The highest BCUT2D eigenvalue weighted by Crippen LogP contribution is 2.07. The van der Waals surface area contributed by atoms with E-state index in [0.29, 0.717) is 0 Å². The molecule has 0 aliphatic rings. The molecule has 116 valence electrons. The van der Waals surface area contributed by atoms with Gasteiger partial charge in [0.1, 0.15) is 11.0 Å². The predicted octanol–water partition coefficient (Wildman–Crippen LogP) is 0.959. The number of carbonyl (C=O) groups is 3. The van der Waals surface area contributed by atoms with E-state index in [9.17, 15) is 14.4 Å². The van der Waals surface area contributed by atoms with Gasteiger partial charge in [-0.15, -0.1) is 11.3 Å². The van der Waals surface area contributed by atoms with Gasteiger partial charge in [0.2, 0.25) is 0 Å². The highest BCUT2D eigenvalue weighted by atomic mass is 32.1. The largest absolute Gasteiger partial charge is 0.481 e. The van der Waals surface area contributed by atoms with Crippen LogP contribution in [0.2, 0.25) is 0 Å². The third-order valence-electron chi connectivity index (χ3n) is 2.55. The van der Waals surface area contributed by atoms with Gasteiger partial charge in [-0.25, -0.2) is 14.6 Å². The summed E-state index contributed by atoms with van der Waals surface area (Å²) >= 11 is 1.40. The Kier molecular flexibility index (Phi) is 6.60. The SMILES string of the molecule is Cc1csc(CNC(=O)N[C@H](CCCC(=O)O)C(=O)O)n1. The van der Waals surface area contributed by atoms with Crippen LogP contribution < -0.4 is 10.6 Å². The van der Waals surface area contributed by atoms with Crippen molar-refractivity contribution in [2.45, 2.75) is 38.8 Å². The lowest BCUT2D eigenvalue weighted by molar-refractivity contribution is -0.140. The summed E-state index contributed by atoms with van der Waals surface area (Å²) in [5.41, 5.74) is 0.856. The number of aliphatic carboxylic acids is 2. The molecular formula is C12H17N3O5S. The van der Waals surface area contributed by atoms with Gasteiger partial charge in [-0.1, -0.05) is 0 Å². The van der Waals surface area contributed by atoms with Gasteiger partial charge >= 0.3 is 18.0 Å². The van der Waals surface area contributed by atoms with Gasteiger partial charge < -0.3 is 20.8 Å². The second-order valence-corrected chi connectivity index (χ2v) is 5.33. The third-order valence-corrected chi connectivity index (χ3v) is 3.52. The van der Waals surface area contributed by atoms with Crippen LogP contribution in [0, 0.1) is 6.92 Å². The summed E-state index contributed by atoms with van der Waals surface area (Å²) in [5.74, 6) is -2.19. The van der Waals surface area contributed by atoms with Crippen molar-refractivity contribution in [3.05, 3.63) is 16.1 Å². The molecule has 2 amide bonds. The fourth-order valence-electron chi connectivity index (χ4n) is 1.56. The van der Waals surface area contributed by atoms with Crippen LogP contribution in [0.5, 0.6) is 0 Å². The second-order valence-electron chi connectivity index (χ2n) is 4.39. The maximum Gasteiger partial charge on any atom is 0.326 e. The van der Waals surface area contributed by atoms with Gasteiger partial charge in [-0.05, 0) is 19.8 Å². The molecule has 1 rings (SSSR count). The van der Waals surface area contributed by atoms with Crippen LogP contribution in [-0.4, -0.2) is 39.2 Å². The average molecular weight is 315 g/mol. The lowest BCUT2D eigenvalue weighted by Gasteiger charge is -2.14. The third kappa shape index (κ3) is 6.70. The molecule has 8 nitrogen and oxygen atoms in total. The molecule has 0 radical (unpaired) electrons. The van der Waals surface area contributed by atoms with Crippen molar-refractivity contribution in [1.29, 1.82) is 0 Å². The first-order chi connectivity index (χ1) is 9.88. The zero-order valence-corrected chi connectivity index (χ0v) is 12.3. The van der Waals surface area contributed by atoms with Crippen molar-refractivity contribution >= 4 is 29.3 Å². The number of hydrogen-bond acceptors (Lipinski definition) is 5. The Bertz CT molecular complexity index is 517. The molecule has 0 bridgehead atoms. The standard InChI is InChI=1S/C12H17N3O5S/c1-7-6-21-9(14-7)5-13-12(20)15-8(11(18)19)3-2-4-10(16)17/h6,8H,2-5H2,1H3,(H,16,17)(H,18,19)(H2,13,15,20)/t8-/m1/s1. The normalized spacial score (nSPS) is 11.7. The summed E-state index contributed by atoms with van der Waals surface area (Å²) in [5, 5.41) is 24.9. The Morgan fingerprint density at radius 1 is 1.38 bits per heavy atom. The molecule has 1 aromatic heterocycles. The molecule has 0 unspecified atom stereocenters. The molecule has 0 aromatic carbocycles. The number of amides is 2. The molecule has 0 saturated carbocycles. The molecule has 4 N–H and O–H groups in total. The Morgan fingerprint density at radius 3 is 2.62 bits per heavy atom. The van der Waals surface area contributed by atoms with Gasteiger partial charge in [0.05, 0.1) is 6.54 Å². The van der Waals surface area contributed by atoms with Gasteiger partial charge in [0.15, 0.2) is 0 Å². The van der Waals surface area contributed by atoms with E-state index in [2.05, 4.69) is 15.6 Å². The minimum atomic E-state index is -1.19. The molecule has 1 atom stereocenters. The van der Waals surface area contributed by atoms with Crippen LogP contribution >= 0.6 is 11.3 Å². The monoisotopic (exact) mass is 315 g/mol. The lowest BCUT2D eigenvalue weighted by Crippen LogP contribution is -2.45. The summed E-state index contributed by atoms with van der Waals surface area (Å²) in [6.07, 6.45) is 0.106. The average Bonchev–Trinajstić information content (AvgIpc) is 2.80. The molecule has 0 aliphatic heterocycles. The number of nitrogens with zero attached hydrogens (tertiary/aromatic N) is 1. The van der Waals surface area contributed by atoms with E-state index in [4.69, 9.17) is 10.2 Å². The van der Waals surface area contributed by atoms with Crippen LogP contribution in [-0.2, 0) is 16.1 Å². The lowest BCUT2D eigenvalue weighted by atomic mass is 10.1. The molecule has 0 saturated heterocycles. The van der Waals surface area contributed by atoms with Crippen molar-refractivity contribution in [3.8, 4) is 0 Å². The van der Waals surface area contributed by atoms with Crippen LogP contribution in [0.3, 0.4) is 0 Å². The molecule has 1 aromatic rings. The second kappa shape index (κ2) is 8.20. The van der Waals surface area contributed by atoms with Crippen LogP contribution in [0.15, 0.2) is 5.38 Å². The van der Waals surface area contributed by atoms with Crippen molar-refractivity contribution in [1.82, 2.24) is 15.6 Å². The Morgan fingerprint density at radius 2 is 2.10 bits per heavy atom. The molecule has 9 heteroatoms. The van der Waals surface area contributed by atoms with Gasteiger partial charge in [-0.3, -0.25) is 4.79 Å². The number of carboxylic acid groups (broad SMARTS) is 2. The fourth-order valence-corrected chi connectivity index (χ4v) is 2.28. The molecule has 0 fully saturated rings. The van der Waals surface area contributed by atoms with E-state index in [1.807, 2.05) is 12.3 Å². The first-order valence-electron chi connectivity index (χ1n) is 6.28. The quantitative estimate of drug-likeness (QED) is 0.565. The number of carboxylic acids is 2. The molecular weight excluding hydrogens is 298 g/mol. The number of nitrogens with one attached hydrogen (secondary N) is 2. The zero-order valence-electron chi connectivity index (χ0n) is 11.5. The van der Waals surface area contributed by atoms with E-state index in [1.165, 1.54) is 11.3 Å². The van der Waals surface area contributed by atoms with Crippen molar-refractivity contribution in [2.75, 3.05) is 0 Å². The summed E-state index contributed by atoms with van der Waals surface area (Å²) < 4.78 is 0. The first kappa shape index (κ1) is 16.9. The van der Waals surface area contributed by atoms with Crippen LogP contribution in [0.25, 0.3) is 0 Å². The predicted molar refractivity (Wildman–Crippen MR) is 75.1 cm³/mol. The van der Waals surface area contributed by atoms with Crippen LogP contribution in [0.4, 0.5) is 4.79 Å². The topological polar surface area (TPSA) is 129 Å². The smallest absolute Gasteiger partial charge is 0.326 e. The Balaban J connectivity index is 2.37. The molecule has 1 heterocycles. The van der Waals surface area contributed by atoms with Crippen molar-refractivity contribution in [2.24, 2.45) is 0 Å². The number of hydrogen-bond donors (Lipinski definition) is 4. The van der Waals surface area contributed by atoms with Gasteiger partial charge in [0.25, 0.3) is 0 Å². The maximum atomic E-state index is 11.6. The van der Waals surface area contributed by atoms with Crippen molar-refractivity contribution in [3.63, 3.8) is 0 Å². The highest BCUT2D eigenvalue weighted by Gasteiger charge is 2.19.